The zero-order valence-electron chi connectivity index (χ0n) is 5.42. The number of aliphatic hydroxyl groups excluding tert-OH is 1. The number of rotatable bonds is 2. The SMILES string of the molecule is COC/C=C/C#CCO. The van der Waals surface area contributed by atoms with Crippen molar-refractivity contribution < 1.29 is 9.84 Å². The lowest BCUT2D eigenvalue weighted by molar-refractivity contribution is 0.234. The number of allylic oxidation sites excluding steroid dienone is 1. The molecular formula is C7H10O2. The molecule has 0 radical (unpaired) electrons. The van der Waals surface area contributed by atoms with Gasteiger partial charge < -0.3 is 9.84 Å². The molecule has 0 heterocycles. The topological polar surface area (TPSA) is 29.5 Å². The Morgan fingerprint density at radius 3 is 3.00 bits per heavy atom. The van der Waals surface area contributed by atoms with Gasteiger partial charge in [-0.3, -0.25) is 0 Å². The van der Waals surface area contributed by atoms with E-state index in [9.17, 15) is 0 Å². The van der Waals surface area contributed by atoms with Gasteiger partial charge in [0.1, 0.15) is 6.61 Å². The van der Waals surface area contributed by atoms with E-state index in [0.29, 0.717) is 6.61 Å². The van der Waals surface area contributed by atoms with Gasteiger partial charge in [0.25, 0.3) is 0 Å². The van der Waals surface area contributed by atoms with Crippen molar-refractivity contribution in [3.05, 3.63) is 12.2 Å². The fourth-order valence-corrected chi connectivity index (χ4v) is 0.308. The summed E-state index contributed by atoms with van der Waals surface area (Å²) in [6.45, 7) is 0.484. The van der Waals surface area contributed by atoms with Crippen molar-refractivity contribution in [2.45, 2.75) is 0 Å². The minimum absolute atomic E-state index is 0.0860. The van der Waals surface area contributed by atoms with Crippen molar-refractivity contribution in [1.82, 2.24) is 0 Å². The molecular weight excluding hydrogens is 116 g/mol. The number of hydrogen-bond donors (Lipinski definition) is 1. The maximum atomic E-state index is 8.18. The molecule has 50 valence electrons. The normalized spacial score (nSPS) is 9.11. The summed E-state index contributed by atoms with van der Waals surface area (Å²) in [5, 5.41) is 8.18. The summed E-state index contributed by atoms with van der Waals surface area (Å²) >= 11 is 0. The van der Waals surface area contributed by atoms with Gasteiger partial charge >= 0.3 is 0 Å². The molecule has 0 aliphatic carbocycles. The molecule has 2 heteroatoms. The van der Waals surface area contributed by atoms with Crippen LogP contribution in [0.4, 0.5) is 0 Å². The smallest absolute Gasteiger partial charge is 0.104 e. The lowest BCUT2D eigenvalue weighted by Crippen LogP contribution is -1.78. The minimum atomic E-state index is -0.0860. The molecule has 0 aromatic carbocycles. The summed E-state index contributed by atoms with van der Waals surface area (Å²) in [5.74, 6) is 5.08. The molecule has 0 aliphatic rings. The van der Waals surface area contributed by atoms with Crippen molar-refractivity contribution >= 4 is 0 Å². The molecule has 0 amide bonds. The van der Waals surface area contributed by atoms with Crippen molar-refractivity contribution in [1.29, 1.82) is 0 Å². The van der Waals surface area contributed by atoms with E-state index in [1.165, 1.54) is 0 Å². The second kappa shape index (κ2) is 7.22. The largest absolute Gasteiger partial charge is 0.384 e. The summed E-state index contributed by atoms with van der Waals surface area (Å²) < 4.78 is 4.70. The second-order valence-electron chi connectivity index (χ2n) is 1.34. The minimum Gasteiger partial charge on any atom is -0.384 e. The van der Waals surface area contributed by atoms with Crippen LogP contribution in [0, 0.1) is 11.8 Å². The predicted molar refractivity (Wildman–Crippen MR) is 35.9 cm³/mol. The molecule has 0 saturated carbocycles. The van der Waals surface area contributed by atoms with E-state index in [1.807, 2.05) is 0 Å². The lowest BCUT2D eigenvalue weighted by atomic mass is 10.5. The third-order valence-electron chi connectivity index (χ3n) is 0.645. The van der Waals surface area contributed by atoms with Crippen LogP contribution in [-0.4, -0.2) is 25.4 Å². The van der Waals surface area contributed by atoms with Gasteiger partial charge in [0.2, 0.25) is 0 Å². The first-order chi connectivity index (χ1) is 4.41. The van der Waals surface area contributed by atoms with Crippen LogP contribution >= 0.6 is 0 Å². The average Bonchev–Trinajstić information content (AvgIpc) is 1.89. The molecule has 2 nitrogen and oxygen atoms in total. The Kier molecular flexibility index (Phi) is 6.59. The Hall–Kier alpha value is -0.780. The van der Waals surface area contributed by atoms with Crippen LogP contribution in [0.15, 0.2) is 12.2 Å². The lowest BCUT2D eigenvalue weighted by Gasteiger charge is -1.82. The van der Waals surface area contributed by atoms with Gasteiger partial charge in [-0.15, -0.1) is 0 Å². The fraction of sp³-hybridized carbons (Fsp3) is 0.429. The summed E-state index contributed by atoms with van der Waals surface area (Å²) in [4.78, 5) is 0. The summed E-state index contributed by atoms with van der Waals surface area (Å²) in [6.07, 6.45) is 3.43. The van der Waals surface area contributed by atoms with E-state index in [1.54, 1.807) is 19.3 Å². The van der Waals surface area contributed by atoms with Gasteiger partial charge in [0, 0.05) is 7.11 Å². The molecule has 0 saturated heterocycles. The fourth-order valence-electron chi connectivity index (χ4n) is 0.308. The maximum Gasteiger partial charge on any atom is 0.104 e. The van der Waals surface area contributed by atoms with Crippen LogP contribution in [0.2, 0.25) is 0 Å². The highest BCUT2D eigenvalue weighted by Gasteiger charge is 1.66. The third kappa shape index (κ3) is 7.22. The van der Waals surface area contributed by atoms with E-state index in [-0.39, 0.29) is 6.61 Å². The van der Waals surface area contributed by atoms with Gasteiger partial charge in [0.15, 0.2) is 0 Å². The number of hydrogen-bond acceptors (Lipinski definition) is 2. The summed E-state index contributed by atoms with van der Waals surface area (Å²) in [7, 11) is 1.61. The molecule has 0 aromatic rings. The van der Waals surface area contributed by atoms with Crippen molar-refractivity contribution in [2.24, 2.45) is 0 Å². The predicted octanol–water partition coefficient (Wildman–Crippen LogP) is 0.185. The van der Waals surface area contributed by atoms with Gasteiger partial charge in [-0.05, 0) is 6.08 Å². The number of aliphatic hydroxyl groups is 1. The molecule has 0 unspecified atom stereocenters. The van der Waals surface area contributed by atoms with Crippen molar-refractivity contribution in [3.63, 3.8) is 0 Å². The highest BCUT2D eigenvalue weighted by atomic mass is 16.5. The van der Waals surface area contributed by atoms with Crippen LogP contribution in [0.25, 0.3) is 0 Å². The first-order valence-electron chi connectivity index (χ1n) is 2.65. The zero-order valence-corrected chi connectivity index (χ0v) is 5.42. The molecule has 0 fully saturated rings. The third-order valence-corrected chi connectivity index (χ3v) is 0.645. The highest BCUT2D eigenvalue weighted by molar-refractivity contribution is 5.15. The van der Waals surface area contributed by atoms with Gasteiger partial charge in [-0.1, -0.05) is 17.9 Å². The summed E-state index contributed by atoms with van der Waals surface area (Å²) in [6, 6.07) is 0. The van der Waals surface area contributed by atoms with Crippen LogP contribution in [0.5, 0.6) is 0 Å². The van der Waals surface area contributed by atoms with E-state index >= 15 is 0 Å². The molecule has 0 spiro atoms. The Labute approximate surface area is 55.1 Å². The van der Waals surface area contributed by atoms with Gasteiger partial charge in [-0.25, -0.2) is 0 Å². The highest BCUT2D eigenvalue weighted by Crippen LogP contribution is 1.70. The van der Waals surface area contributed by atoms with Gasteiger partial charge in [0.05, 0.1) is 6.61 Å². The monoisotopic (exact) mass is 126 g/mol. The number of ether oxygens (including phenoxy) is 1. The average molecular weight is 126 g/mol. The number of methoxy groups -OCH3 is 1. The standard InChI is InChI=1S/C7H10O2/c1-9-7-5-3-2-4-6-8/h3,5,8H,6-7H2,1H3/b5-3+. The Morgan fingerprint density at radius 1 is 1.67 bits per heavy atom. The Balaban J connectivity index is 3.23. The van der Waals surface area contributed by atoms with Crippen LogP contribution < -0.4 is 0 Å². The molecule has 1 N–H and O–H groups in total. The van der Waals surface area contributed by atoms with Crippen molar-refractivity contribution in [2.75, 3.05) is 20.3 Å². The van der Waals surface area contributed by atoms with Crippen LogP contribution in [0.1, 0.15) is 0 Å². The van der Waals surface area contributed by atoms with E-state index in [4.69, 9.17) is 9.84 Å². The van der Waals surface area contributed by atoms with E-state index < -0.39 is 0 Å². The van der Waals surface area contributed by atoms with Crippen LogP contribution in [0.3, 0.4) is 0 Å². The van der Waals surface area contributed by atoms with E-state index in [2.05, 4.69) is 11.8 Å². The second-order valence-corrected chi connectivity index (χ2v) is 1.34. The Morgan fingerprint density at radius 2 is 2.44 bits per heavy atom. The van der Waals surface area contributed by atoms with Crippen molar-refractivity contribution in [3.8, 4) is 11.8 Å². The zero-order chi connectivity index (χ0) is 6.95. The van der Waals surface area contributed by atoms with Crippen LogP contribution in [-0.2, 0) is 4.74 Å². The molecule has 9 heavy (non-hydrogen) atoms. The Bertz CT molecular complexity index is 128. The molecule has 0 aliphatic heterocycles. The molecule has 0 aromatic heterocycles. The van der Waals surface area contributed by atoms with Gasteiger partial charge in [-0.2, -0.15) is 0 Å². The van der Waals surface area contributed by atoms with E-state index in [0.717, 1.165) is 0 Å². The molecule has 0 atom stereocenters. The first kappa shape index (κ1) is 8.22. The first-order valence-corrected chi connectivity index (χ1v) is 2.65. The maximum absolute atomic E-state index is 8.18. The molecule has 0 bridgehead atoms. The summed E-state index contributed by atoms with van der Waals surface area (Å²) in [5.41, 5.74) is 0. The quantitative estimate of drug-likeness (QED) is 0.535. The molecule has 0 rings (SSSR count).